The van der Waals surface area contributed by atoms with E-state index in [1.54, 1.807) is 7.05 Å². The quantitative estimate of drug-likeness (QED) is 0.686. The van der Waals surface area contributed by atoms with Gasteiger partial charge in [-0.05, 0) is 30.2 Å². The lowest BCUT2D eigenvalue weighted by Crippen LogP contribution is -2.34. The summed E-state index contributed by atoms with van der Waals surface area (Å²) in [6, 6.07) is 15.6. The normalized spacial score (nSPS) is 10.3. The molecule has 0 atom stereocenters. The van der Waals surface area contributed by atoms with Crippen LogP contribution >= 0.6 is 0 Å². The molecule has 6 nitrogen and oxygen atoms in total. The number of hydrogen-bond donors (Lipinski definition) is 1. The molecule has 0 aromatic heterocycles. The molecule has 0 spiro atoms. The molecule has 27 heavy (non-hydrogen) atoms. The summed E-state index contributed by atoms with van der Waals surface area (Å²) in [6.07, 6.45) is 0.139. The second-order valence-corrected chi connectivity index (χ2v) is 6.35. The van der Waals surface area contributed by atoms with Crippen LogP contribution in [0.25, 0.3) is 0 Å². The Balaban J connectivity index is 1.72. The number of carbonyl (C=O) groups excluding carboxylic acids is 2. The second-order valence-electron chi connectivity index (χ2n) is 6.35. The van der Waals surface area contributed by atoms with Crippen molar-refractivity contribution in [1.29, 1.82) is 0 Å². The van der Waals surface area contributed by atoms with E-state index >= 15 is 0 Å². The van der Waals surface area contributed by atoms with Gasteiger partial charge in [-0.1, -0.05) is 42.0 Å². The van der Waals surface area contributed by atoms with E-state index in [2.05, 4.69) is 12.1 Å². The number of hydrogen-bond acceptors (Lipinski definition) is 5. The molecule has 0 fully saturated rings. The number of nitrogens with zero attached hydrogens (tertiary/aromatic N) is 1. The van der Waals surface area contributed by atoms with Crippen LogP contribution in [0.3, 0.4) is 0 Å². The molecule has 0 radical (unpaired) electrons. The number of esters is 1. The van der Waals surface area contributed by atoms with Gasteiger partial charge in [-0.25, -0.2) is 0 Å². The second kappa shape index (κ2) is 10.3. The molecular weight excluding hydrogens is 344 g/mol. The zero-order chi connectivity index (χ0) is 19.6. The van der Waals surface area contributed by atoms with E-state index in [0.717, 1.165) is 16.9 Å². The Morgan fingerprint density at radius 1 is 0.963 bits per heavy atom. The Morgan fingerprint density at radius 3 is 2.19 bits per heavy atom. The fraction of sp³-hybridized carbons (Fsp3) is 0.333. The van der Waals surface area contributed by atoms with Crippen molar-refractivity contribution in [3.8, 4) is 5.75 Å². The summed E-state index contributed by atoms with van der Waals surface area (Å²) in [7, 11) is 1.61. The van der Waals surface area contributed by atoms with Crippen LogP contribution in [0, 0.1) is 6.92 Å². The van der Waals surface area contributed by atoms with Gasteiger partial charge >= 0.3 is 5.97 Å². The molecule has 0 saturated carbocycles. The fourth-order valence-corrected chi connectivity index (χ4v) is 2.31. The highest BCUT2D eigenvalue weighted by Gasteiger charge is 2.10. The SMILES string of the molecule is Cc1ccc(COc2ccc(COC(=O)CCN(C)C(=O)CN)cc2)cc1. The number of ether oxygens (including phenoxy) is 2. The summed E-state index contributed by atoms with van der Waals surface area (Å²) in [5.74, 6) is 0.197. The number of rotatable bonds is 9. The highest BCUT2D eigenvalue weighted by atomic mass is 16.5. The average molecular weight is 370 g/mol. The zero-order valence-corrected chi connectivity index (χ0v) is 15.8. The molecule has 1 amide bonds. The Morgan fingerprint density at radius 2 is 1.56 bits per heavy atom. The first-order valence-corrected chi connectivity index (χ1v) is 8.85. The molecular formula is C21H26N2O4. The van der Waals surface area contributed by atoms with Gasteiger partial charge in [0.2, 0.25) is 5.91 Å². The lowest BCUT2D eigenvalue weighted by Gasteiger charge is -2.15. The van der Waals surface area contributed by atoms with E-state index < -0.39 is 0 Å². The summed E-state index contributed by atoms with van der Waals surface area (Å²) in [5.41, 5.74) is 8.47. The van der Waals surface area contributed by atoms with Gasteiger partial charge in [-0.3, -0.25) is 9.59 Å². The van der Waals surface area contributed by atoms with Crippen molar-refractivity contribution in [2.75, 3.05) is 20.1 Å². The van der Waals surface area contributed by atoms with Crippen LogP contribution in [0.2, 0.25) is 0 Å². The fourth-order valence-electron chi connectivity index (χ4n) is 2.31. The molecule has 0 heterocycles. The Kier molecular flexibility index (Phi) is 7.82. The summed E-state index contributed by atoms with van der Waals surface area (Å²) >= 11 is 0. The molecule has 2 N–H and O–H groups in total. The van der Waals surface area contributed by atoms with Crippen LogP contribution in [-0.4, -0.2) is 36.9 Å². The van der Waals surface area contributed by atoms with Crippen LogP contribution < -0.4 is 10.5 Å². The maximum absolute atomic E-state index is 11.8. The average Bonchev–Trinajstić information content (AvgIpc) is 2.70. The lowest BCUT2D eigenvalue weighted by atomic mass is 10.2. The Labute approximate surface area is 159 Å². The number of amides is 1. The van der Waals surface area contributed by atoms with E-state index in [4.69, 9.17) is 15.2 Å². The maximum Gasteiger partial charge on any atom is 0.307 e. The van der Waals surface area contributed by atoms with E-state index in [9.17, 15) is 9.59 Å². The van der Waals surface area contributed by atoms with Crippen LogP contribution in [-0.2, 0) is 27.5 Å². The van der Waals surface area contributed by atoms with Crippen LogP contribution in [0.1, 0.15) is 23.1 Å². The van der Waals surface area contributed by atoms with Gasteiger partial charge in [0.1, 0.15) is 19.0 Å². The molecule has 2 aromatic rings. The van der Waals surface area contributed by atoms with Crippen LogP contribution in [0.5, 0.6) is 5.75 Å². The lowest BCUT2D eigenvalue weighted by molar-refractivity contribution is -0.145. The molecule has 2 rings (SSSR count). The summed E-state index contributed by atoms with van der Waals surface area (Å²) in [4.78, 5) is 24.5. The van der Waals surface area contributed by atoms with Gasteiger partial charge < -0.3 is 20.1 Å². The van der Waals surface area contributed by atoms with Gasteiger partial charge in [0.05, 0.1) is 13.0 Å². The topological polar surface area (TPSA) is 81.9 Å². The number of likely N-dealkylation sites (N-methyl/N-ethyl adjacent to an activating group) is 1. The molecule has 0 aliphatic carbocycles. The maximum atomic E-state index is 11.8. The van der Waals surface area contributed by atoms with Crippen molar-refractivity contribution in [2.24, 2.45) is 5.73 Å². The van der Waals surface area contributed by atoms with Gasteiger partial charge in [0.25, 0.3) is 0 Å². The highest BCUT2D eigenvalue weighted by Crippen LogP contribution is 2.15. The predicted molar refractivity (Wildman–Crippen MR) is 103 cm³/mol. The summed E-state index contributed by atoms with van der Waals surface area (Å²) < 4.78 is 11.0. The minimum absolute atomic E-state index is 0.0656. The molecule has 144 valence electrons. The summed E-state index contributed by atoms with van der Waals surface area (Å²) in [6.45, 7) is 2.97. The predicted octanol–water partition coefficient (Wildman–Crippen LogP) is 2.42. The third kappa shape index (κ3) is 7.11. The number of nitrogens with two attached hydrogens (primary N) is 1. The van der Waals surface area contributed by atoms with Crippen LogP contribution in [0.15, 0.2) is 48.5 Å². The molecule has 0 aliphatic heterocycles. The van der Waals surface area contributed by atoms with Crippen LogP contribution in [0.4, 0.5) is 0 Å². The standard InChI is InChI=1S/C21H26N2O4/c1-16-3-5-17(6-4-16)14-26-19-9-7-18(8-10-19)15-27-21(25)11-12-23(2)20(24)13-22/h3-10H,11-15,22H2,1-2H3. The van der Waals surface area contributed by atoms with E-state index in [1.165, 1.54) is 10.5 Å². The van der Waals surface area contributed by atoms with E-state index in [0.29, 0.717) is 13.2 Å². The van der Waals surface area contributed by atoms with E-state index in [1.807, 2.05) is 43.3 Å². The first-order valence-electron chi connectivity index (χ1n) is 8.85. The van der Waals surface area contributed by atoms with Crippen molar-refractivity contribution in [3.05, 3.63) is 65.2 Å². The third-order valence-electron chi connectivity index (χ3n) is 4.10. The van der Waals surface area contributed by atoms with Gasteiger partial charge in [0, 0.05) is 13.6 Å². The number of carbonyl (C=O) groups is 2. The van der Waals surface area contributed by atoms with Gasteiger partial charge in [-0.15, -0.1) is 0 Å². The van der Waals surface area contributed by atoms with E-state index in [-0.39, 0.29) is 31.4 Å². The molecule has 0 unspecified atom stereocenters. The Hall–Kier alpha value is -2.86. The minimum atomic E-state index is -0.355. The monoisotopic (exact) mass is 370 g/mol. The number of benzene rings is 2. The summed E-state index contributed by atoms with van der Waals surface area (Å²) in [5, 5.41) is 0. The molecule has 2 aromatic carbocycles. The van der Waals surface area contributed by atoms with Gasteiger partial charge in [-0.2, -0.15) is 0 Å². The largest absolute Gasteiger partial charge is 0.489 e. The first kappa shape index (κ1) is 20.5. The Bertz CT molecular complexity index is 742. The minimum Gasteiger partial charge on any atom is -0.489 e. The molecule has 0 bridgehead atoms. The third-order valence-corrected chi connectivity index (χ3v) is 4.10. The molecule has 0 saturated heterocycles. The van der Waals surface area contributed by atoms with Crippen molar-refractivity contribution in [1.82, 2.24) is 4.90 Å². The van der Waals surface area contributed by atoms with Crippen molar-refractivity contribution < 1.29 is 19.1 Å². The van der Waals surface area contributed by atoms with Crippen molar-refractivity contribution >= 4 is 11.9 Å². The molecule has 6 heteroatoms. The van der Waals surface area contributed by atoms with Gasteiger partial charge in [0.15, 0.2) is 0 Å². The molecule has 0 aliphatic rings. The first-order chi connectivity index (χ1) is 13.0. The highest BCUT2D eigenvalue weighted by molar-refractivity contribution is 5.78. The zero-order valence-electron chi connectivity index (χ0n) is 15.8. The van der Waals surface area contributed by atoms with Crippen molar-refractivity contribution in [2.45, 2.75) is 26.6 Å². The smallest absolute Gasteiger partial charge is 0.307 e. The number of aryl methyl sites for hydroxylation is 1. The van der Waals surface area contributed by atoms with Crippen molar-refractivity contribution in [3.63, 3.8) is 0 Å².